The SMILES string of the molecule is CC1(CNc2ncc([N+](=O)[O-])cn2)CCCC1. The number of hydrogen-bond acceptors (Lipinski definition) is 5. The molecule has 1 aliphatic rings. The van der Waals surface area contributed by atoms with Crippen molar-refractivity contribution in [3.05, 3.63) is 22.5 Å². The Hall–Kier alpha value is -1.72. The highest BCUT2D eigenvalue weighted by molar-refractivity contribution is 5.30. The van der Waals surface area contributed by atoms with Crippen LogP contribution in [0.1, 0.15) is 32.6 Å². The Bertz CT molecular complexity index is 398. The molecule has 92 valence electrons. The van der Waals surface area contributed by atoms with Crippen LogP contribution >= 0.6 is 0 Å². The monoisotopic (exact) mass is 236 g/mol. The summed E-state index contributed by atoms with van der Waals surface area (Å²) in [5, 5.41) is 13.6. The van der Waals surface area contributed by atoms with Gasteiger partial charge in [0.25, 0.3) is 0 Å². The number of aromatic nitrogens is 2. The molecule has 1 N–H and O–H groups in total. The minimum Gasteiger partial charge on any atom is -0.354 e. The number of nitro groups is 1. The Morgan fingerprint density at radius 3 is 2.53 bits per heavy atom. The molecule has 0 unspecified atom stereocenters. The van der Waals surface area contributed by atoms with E-state index in [9.17, 15) is 10.1 Å². The van der Waals surface area contributed by atoms with Gasteiger partial charge >= 0.3 is 5.69 Å². The third-order valence-electron chi connectivity index (χ3n) is 3.33. The molecule has 0 bridgehead atoms. The predicted molar refractivity (Wildman–Crippen MR) is 63.8 cm³/mol. The number of anilines is 1. The lowest BCUT2D eigenvalue weighted by molar-refractivity contribution is -0.385. The highest BCUT2D eigenvalue weighted by atomic mass is 16.6. The molecule has 1 saturated carbocycles. The lowest BCUT2D eigenvalue weighted by Gasteiger charge is -2.23. The van der Waals surface area contributed by atoms with Gasteiger partial charge in [-0.1, -0.05) is 19.8 Å². The van der Waals surface area contributed by atoms with E-state index >= 15 is 0 Å². The highest BCUT2D eigenvalue weighted by Crippen LogP contribution is 2.37. The Morgan fingerprint density at radius 2 is 2.00 bits per heavy atom. The van der Waals surface area contributed by atoms with Crippen molar-refractivity contribution < 1.29 is 4.92 Å². The maximum Gasteiger partial charge on any atom is 0.305 e. The maximum atomic E-state index is 10.4. The average Bonchev–Trinajstić information content (AvgIpc) is 2.75. The van der Waals surface area contributed by atoms with Gasteiger partial charge in [-0.15, -0.1) is 0 Å². The first kappa shape index (κ1) is 11.8. The summed E-state index contributed by atoms with van der Waals surface area (Å²) in [7, 11) is 0. The third kappa shape index (κ3) is 2.89. The molecule has 1 aromatic heterocycles. The molecule has 6 heteroatoms. The first-order chi connectivity index (χ1) is 8.09. The Kier molecular flexibility index (Phi) is 3.21. The number of nitrogens with one attached hydrogen (secondary N) is 1. The van der Waals surface area contributed by atoms with Gasteiger partial charge in [0, 0.05) is 6.54 Å². The second-order valence-corrected chi connectivity index (χ2v) is 4.89. The van der Waals surface area contributed by atoms with Gasteiger partial charge in [-0.05, 0) is 18.3 Å². The van der Waals surface area contributed by atoms with Gasteiger partial charge in [0.05, 0.1) is 4.92 Å². The molecule has 0 saturated heterocycles. The van der Waals surface area contributed by atoms with Crippen molar-refractivity contribution in [2.75, 3.05) is 11.9 Å². The molecule has 0 radical (unpaired) electrons. The smallest absolute Gasteiger partial charge is 0.305 e. The number of rotatable bonds is 4. The molecular formula is C11H16N4O2. The zero-order valence-corrected chi connectivity index (χ0v) is 9.85. The van der Waals surface area contributed by atoms with Gasteiger partial charge in [-0.3, -0.25) is 10.1 Å². The van der Waals surface area contributed by atoms with Crippen molar-refractivity contribution >= 4 is 11.6 Å². The molecule has 0 aliphatic heterocycles. The van der Waals surface area contributed by atoms with E-state index in [2.05, 4.69) is 22.2 Å². The normalized spacial score (nSPS) is 17.9. The summed E-state index contributed by atoms with van der Waals surface area (Å²) in [6.45, 7) is 3.07. The molecule has 1 aliphatic carbocycles. The fourth-order valence-corrected chi connectivity index (χ4v) is 2.20. The van der Waals surface area contributed by atoms with E-state index in [1.807, 2.05) is 0 Å². The van der Waals surface area contributed by atoms with Crippen LogP contribution in [0.15, 0.2) is 12.4 Å². The summed E-state index contributed by atoms with van der Waals surface area (Å²) >= 11 is 0. The van der Waals surface area contributed by atoms with Crippen LogP contribution in [0.3, 0.4) is 0 Å². The van der Waals surface area contributed by atoms with Gasteiger partial charge < -0.3 is 5.32 Å². The van der Waals surface area contributed by atoms with E-state index in [1.54, 1.807) is 0 Å². The summed E-state index contributed by atoms with van der Waals surface area (Å²) < 4.78 is 0. The fourth-order valence-electron chi connectivity index (χ4n) is 2.20. The van der Waals surface area contributed by atoms with E-state index in [4.69, 9.17) is 0 Å². The van der Waals surface area contributed by atoms with E-state index in [-0.39, 0.29) is 5.69 Å². The van der Waals surface area contributed by atoms with Gasteiger partial charge in [-0.25, -0.2) is 9.97 Å². The Morgan fingerprint density at radius 1 is 1.41 bits per heavy atom. The molecule has 6 nitrogen and oxygen atoms in total. The highest BCUT2D eigenvalue weighted by Gasteiger charge is 2.28. The molecule has 0 spiro atoms. The molecule has 1 fully saturated rings. The summed E-state index contributed by atoms with van der Waals surface area (Å²) in [6, 6.07) is 0. The molecule has 0 atom stereocenters. The van der Waals surface area contributed by atoms with Gasteiger partial charge in [0.1, 0.15) is 12.4 Å². The summed E-state index contributed by atoms with van der Waals surface area (Å²) in [6.07, 6.45) is 7.44. The summed E-state index contributed by atoms with van der Waals surface area (Å²) in [5.41, 5.74) is 0.230. The van der Waals surface area contributed by atoms with Gasteiger partial charge in [-0.2, -0.15) is 0 Å². The van der Waals surface area contributed by atoms with Crippen LogP contribution in [0.2, 0.25) is 0 Å². The van der Waals surface area contributed by atoms with Crippen molar-refractivity contribution in [3.8, 4) is 0 Å². The standard InChI is InChI=1S/C11H16N4O2/c1-11(4-2-3-5-11)8-14-10-12-6-9(7-13-10)15(16)17/h6-7H,2-5,8H2,1H3,(H,12,13,14). The van der Waals surface area contributed by atoms with Crippen LogP contribution in [0.25, 0.3) is 0 Å². The largest absolute Gasteiger partial charge is 0.354 e. The van der Waals surface area contributed by atoms with Crippen molar-refractivity contribution in [1.82, 2.24) is 9.97 Å². The van der Waals surface area contributed by atoms with E-state index in [1.165, 1.54) is 38.1 Å². The molecule has 17 heavy (non-hydrogen) atoms. The van der Waals surface area contributed by atoms with Crippen LogP contribution in [0.5, 0.6) is 0 Å². The van der Waals surface area contributed by atoms with Crippen molar-refractivity contribution in [2.24, 2.45) is 5.41 Å². The second-order valence-electron chi connectivity index (χ2n) is 4.89. The topological polar surface area (TPSA) is 81.0 Å². The van der Waals surface area contributed by atoms with Crippen LogP contribution in [-0.4, -0.2) is 21.4 Å². The van der Waals surface area contributed by atoms with Gasteiger partial charge in [0.15, 0.2) is 0 Å². The molecule has 0 aromatic carbocycles. The van der Waals surface area contributed by atoms with Crippen LogP contribution in [-0.2, 0) is 0 Å². The lowest BCUT2D eigenvalue weighted by atomic mass is 9.89. The summed E-state index contributed by atoms with van der Waals surface area (Å²) in [5.74, 6) is 0.462. The average molecular weight is 236 g/mol. The second kappa shape index (κ2) is 4.65. The fraction of sp³-hybridized carbons (Fsp3) is 0.636. The van der Waals surface area contributed by atoms with E-state index in [0.717, 1.165) is 6.54 Å². The minimum absolute atomic E-state index is 0.0809. The van der Waals surface area contributed by atoms with Crippen LogP contribution in [0.4, 0.5) is 11.6 Å². The lowest BCUT2D eigenvalue weighted by Crippen LogP contribution is -2.23. The van der Waals surface area contributed by atoms with Crippen molar-refractivity contribution in [3.63, 3.8) is 0 Å². The zero-order chi connectivity index (χ0) is 12.3. The first-order valence-electron chi connectivity index (χ1n) is 5.79. The van der Waals surface area contributed by atoms with E-state index in [0.29, 0.717) is 11.4 Å². The quantitative estimate of drug-likeness (QED) is 0.641. The predicted octanol–water partition coefficient (Wildman–Crippen LogP) is 2.38. The maximum absolute atomic E-state index is 10.4. The number of nitrogens with zero attached hydrogens (tertiary/aromatic N) is 3. The van der Waals surface area contributed by atoms with Crippen LogP contribution in [0, 0.1) is 15.5 Å². The molecule has 1 heterocycles. The van der Waals surface area contributed by atoms with Crippen molar-refractivity contribution in [1.29, 1.82) is 0 Å². The molecule has 1 aromatic rings. The molecule has 0 amide bonds. The Labute approximate surface area is 99.6 Å². The summed E-state index contributed by atoms with van der Waals surface area (Å²) in [4.78, 5) is 17.8. The zero-order valence-electron chi connectivity index (χ0n) is 9.85. The minimum atomic E-state index is -0.498. The van der Waals surface area contributed by atoms with Crippen molar-refractivity contribution in [2.45, 2.75) is 32.6 Å². The van der Waals surface area contributed by atoms with E-state index < -0.39 is 4.92 Å². The third-order valence-corrected chi connectivity index (χ3v) is 3.33. The Balaban J connectivity index is 1.93. The molecule has 2 rings (SSSR count). The molecular weight excluding hydrogens is 220 g/mol. The first-order valence-corrected chi connectivity index (χ1v) is 5.79. The van der Waals surface area contributed by atoms with Crippen LogP contribution < -0.4 is 5.32 Å². The van der Waals surface area contributed by atoms with Gasteiger partial charge in [0.2, 0.25) is 5.95 Å². The number of hydrogen-bond donors (Lipinski definition) is 1.